The molecular weight excluding hydrogens is 268 g/mol. The fourth-order valence-electron chi connectivity index (χ4n) is 4.07. The maximum atomic E-state index is 2.61. The average molecular weight is 313 g/mol. The summed E-state index contributed by atoms with van der Waals surface area (Å²) in [5.74, 6) is 0. The van der Waals surface area contributed by atoms with Gasteiger partial charge in [0.2, 0.25) is 0 Å². The molecule has 0 saturated heterocycles. The van der Waals surface area contributed by atoms with Crippen LogP contribution in [0.3, 0.4) is 0 Å². The minimum Gasteiger partial charge on any atom is -0.302 e. The van der Waals surface area contributed by atoms with Gasteiger partial charge < -0.3 is 4.90 Å². The average Bonchev–Trinajstić information content (AvgIpc) is 2.56. The van der Waals surface area contributed by atoms with Crippen molar-refractivity contribution < 1.29 is 0 Å². The van der Waals surface area contributed by atoms with Crippen LogP contribution in [-0.2, 0) is 0 Å². The molecule has 0 spiro atoms. The van der Waals surface area contributed by atoms with Crippen LogP contribution in [0.4, 0.5) is 0 Å². The summed E-state index contributed by atoms with van der Waals surface area (Å²) in [4.78, 5) is 5.21. The first-order valence-corrected chi connectivity index (χ1v) is 9.95. The van der Waals surface area contributed by atoms with Crippen LogP contribution in [0.15, 0.2) is 0 Å². The van der Waals surface area contributed by atoms with Crippen molar-refractivity contribution in [3.8, 4) is 0 Å². The minimum atomic E-state index is 0.336. The first kappa shape index (κ1) is 21.9. The SMILES string of the molecule is CCCCCCCCC(N(C)CC)C(CC)(CC)N(C)CC. The van der Waals surface area contributed by atoms with Crippen LogP contribution in [0.2, 0.25) is 0 Å². The highest BCUT2D eigenvalue weighted by molar-refractivity contribution is 4.98. The molecule has 0 saturated carbocycles. The summed E-state index contributed by atoms with van der Waals surface area (Å²) in [6.07, 6.45) is 12.2. The van der Waals surface area contributed by atoms with Gasteiger partial charge >= 0.3 is 0 Å². The van der Waals surface area contributed by atoms with E-state index in [4.69, 9.17) is 0 Å². The number of nitrogens with zero attached hydrogens (tertiary/aromatic N) is 2. The molecule has 2 heteroatoms. The molecule has 0 bridgehead atoms. The van der Waals surface area contributed by atoms with Gasteiger partial charge in [0.15, 0.2) is 0 Å². The molecule has 0 aliphatic carbocycles. The van der Waals surface area contributed by atoms with Gasteiger partial charge in [0.05, 0.1) is 0 Å². The standard InChI is InChI=1S/C20H44N2/c1-8-13-14-15-16-17-18-19(21(6)11-4)20(9-2,10-3)22(7)12-5/h19H,8-18H2,1-7H3. The van der Waals surface area contributed by atoms with Gasteiger partial charge in [0, 0.05) is 11.6 Å². The van der Waals surface area contributed by atoms with Gasteiger partial charge in [-0.05, 0) is 46.4 Å². The summed E-state index contributed by atoms with van der Waals surface area (Å²) in [5, 5.41) is 0. The lowest BCUT2D eigenvalue weighted by Gasteiger charge is -2.50. The number of unbranched alkanes of at least 4 members (excludes halogenated alkanes) is 5. The van der Waals surface area contributed by atoms with Crippen molar-refractivity contribution in [2.45, 2.75) is 104 Å². The second-order valence-corrected chi connectivity index (χ2v) is 6.97. The molecule has 0 aromatic rings. The third kappa shape index (κ3) is 6.20. The summed E-state index contributed by atoms with van der Waals surface area (Å²) >= 11 is 0. The normalized spacial score (nSPS) is 14.0. The van der Waals surface area contributed by atoms with Gasteiger partial charge in [0.25, 0.3) is 0 Å². The van der Waals surface area contributed by atoms with Crippen molar-refractivity contribution in [2.75, 3.05) is 27.2 Å². The summed E-state index contributed by atoms with van der Waals surface area (Å²) < 4.78 is 0. The fourth-order valence-corrected chi connectivity index (χ4v) is 4.07. The van der Waals surface area contributed by atoms with Crippen molar-refractivity contribution in [2.24, 2.45) is 0 Å². The minimum absolute atomic E-state index is 0.336. The molecule has 0 aromatic carbocycles. The van der Waals surface area contributed by atoms with Crippen molar-refractivity contribution in [3.63, 3.8) is 0 Å². The Balaban J connectivity index is 4.78. The predicted molar refractivity (Wildman–Crippen MR) is 102 cm³/mol. The molecule has 0 fully saturated rings. The number of hydrogen-bond donors (Lipinski definition) is 0. The highest BCUT2D eigenvalue weighted by Gasteiger charge is 2.39. The summed E-state index contributed by atoms with van der Waals surface area (Å²) in [6.45, 7) is 14.0. The van der Waals surface area contributed by atoms with Crippen molar-refractivity contribution in [1.82, 2.24) is 9.80 Å². The zero-order valence-electron chi connectivity index (χ0n) is 16.7. The van der Waals surface area contributed by atoms with E-state index in [1.165, 1.54) is 57.8 Å². The Morgan fingerprint density at radius 2 is 1.27 bits per heavy atom. The van der Waals surface area contributed by atoms with Crippen LogP contribution >= 0.6 is 0 Å². The Morgan fingerprint density at radius 1 is 0.727 bits per heavy atom. The monoisotopic (exact) mass is 312 g/mol. The third-order valence-corrected chi connectivity index (χ3v) is 5.94. The van der Waals surface area contributed by atoms with E-state index in [9.17, 15) is 0 Å². The first-order chi connectivity index (χ1) is 10.5. The lowest BCUT2D eigenvalue weighted by molar-refractivity contribution is 0.0123. The molecule has 0 N–H and O–H groups in total. The Morgan fingerprint density at radius 3 is 1.73 bits per heavy atom. The predicted octanol–water partition coefficient (Wildman–Crippen LogP) is 5.57. The quantitative estimate of drug-likeness (QED) is 0.387. The largest absolute Gasteiger partial charge is 0.302 e. The van der Waals surface area contributed by atoms with E-state index < -0.39 is 0 Å². The van der Waals surface area contributed by atoms with Gasteiger partial charge in [-0.3, -0.25) is 4.90 Å². The smallest absolute Gasteiger partial charge is 0.0356 e. The van der Waals surface area contributed by atoms with Crippen LogP contribution in [0.1, 0.15) is 92.4 Å². The van der Waals surface area contributed by atoms with Gasteiger partial charge in [-0.25, -0.2) is 0 Å². The zero-order chi connectivity index (χ0) is 17.0. The van der Waals surface area contributed by atoms with Crippen LogP contribution in [-0.4, -0.2) is 48.6 Å². The molecule has 134 valence electrons. The third-order valence-electron chi connectivity index (χ3n) is 5.94. The van der Waals surface area contributed by atoms with E-state index in [2.05, 4.69) is 58.5 Å². The van der Waals surface area contributed by atoms with E-state index in [1.54, 1.807) is 0 Å². The molecule has 0 radical (unpaired) electrons. The highest BCUT2D eigenvalue weighted by atomic mass is 15.3. The number of hydrogen-bond acceptors (Lipinski definition) is 2. The van der Waals surface area contributed by atoms with E-state index in [1.807, 2.05) is 0 Å². The van der Waals surface area contributed by atoms with E-state index >= 15 is 0 Å². The molecule has 0 aromatic heterocycles. The molecule has 0 aliphatic rings. The molecule has 1 unspecified atom stereocenters. The molecule has 0 heterocycles. The van der Waals surface area contributed by atoms with Gasteiger partial charge in [0.1, 0.15) is 0 Å². The summed E-state index contributed by atoms with van der Waals surface area (Å²) in [6, 6.07) is 0.684. The Kier molecular flexibility index (Phi) is 12.3. The molecule has 0 amide bonds. The van der Waals surface area contributed by atoms with Crippen molar-refractivity contribution in [1.29, 1.82) is 0 Å². The fraction of sp³-hybridized carbons (Fsp3) is 1.00. The zero-order valence-corrected chi connectivity index (χ0v) is 16.7. The number of rotatable bonds is 14. The molecule has 0 aliphatic heterocycles. The van der Waals surface area contributed by atoms with Gasteiger partial charge in [-0.1, -0.05) is 73.1 Å². The van der Waals surface area contributed by atoms with Gasteiger partial charge in [-0.2, -0.15) is 0 Å². The molecule has 0 rings (SSSR count). The Hall–Kier alpha value is -0.0800. The van der Waals surface area contributed by atoms with Crippen molar-refractivity contribution >= 4 is 0 Å². The first-order valence-electron chi connectivity index (χ1n) is 9.95. The molecule has 22 heavy (non-hydrogen) atoms. The van der Waals surface area contributed by atoms with Crippen molar-refractivity contribution in [3.05, 3.63) is 0 Å². The maximum absolute atomic E-state index is 2.61. The second-order valence-electron chi connectivity index (χ2n) is 6.97. The van der Waals surface area contributed by atoms with Crippen LogP contribution in [0.5, 0.6) is 0 Å². The molecule has 2 nitrogen and oxygen atoms in total. The lowest BCUT2D eigenvalue weighted by Crippen LogP contribution is -2.59. The summed E-state index contributed by atoms with van der Waals surface area (Å²) in [7, 11) is 4.65. The molecule has 1 atom stereocenters. The number of likely N-dealkylation sites (N-methyl/N-ethyl adjacent to an activating group) is 2. The van der Waals surface area contributed by atoms with Crippen LogP contribution in [0.25, 0.3) is 0 Å². The molecular formula is C20H44N2. The van der Waals surface area contributed by atoms with Crippen LogP contribution in [0, 0.1) is 0 Å². The van der Waals surface area contributed by atoms with E-state index in [-0.39, 0.29) is 0 Å². The van der Waals surface area contributed by atoms with Gasteiger partial charge in [-0.15, -0.1) is 0 Å². The Bertz CT molecular complexity index is 248. The van der Waals surface area contributed by atoms with E-state index in [0.717, 1.165) is 13.1 Å². The topological polar surface area (TPSA) is 6.48 Å². The second kappa shape index (κ2) is 12.4. The Labute approximate surface area is 141 Å². The van der Waals surface area contributed by atoms with E-state index in [0.29, 0.717) is 11.6 Å². The summed E-state index contributed by atoms with van der Waals surface area (Å²) in [5.41, 5.74) is 0.336. The lowest BCUT2D eigenvalue weighted by atomic mass is 9.79. The maximum Gasteiger partial charge on any atom is 0.0356 e. The van der Waals surface area contributed by atoms with Crippen LogP contribution < -0.4 is 0 Å². The highest BCUT2D eigenvalue weighted by Crippen LogP contribution is 2.32.